The Hall–Kier alpha value is -2.70. The first-order chi connectivity index (χ1) is 12.4. The molecule has 0 unspecified atom stereocenters. The zero-order chi connectivity index (χ0) is 18.5. The molecule has 0 aliphatic carbocycles. The molecule has 0 radical (unpaired) electrons. The summed E-state index contributed by atoms with van der Waals surface area (Å²) in [6.45, 7) is 3.02. The van der Waals surface area contributed by atoms with E-state index in [9.17, 15) is 14.0 Å². The van der Waals surface area contributed by atoms with E-state index in [2.05, 4.69) is 5.10 Å². The SMILES string of the molecule is Cc1cc2n(n1)C1(CCN(C(=O)c3ccc(F)cc3)CC1)CC(=O)N2C. The molecule has 26 heavy (non-hydrogen) atoms. The molecule has 1 spiro atoms. The van der Waals surface area contributed by atoms with Gasteiger partial charge in [-0.25, -0.2) is 9.07 Å². The van der Waals surface area contributed by atoms with E-state index >= 15 is 0 Å². The number of aryl methyl sites for hydroxylation is 1. The highest BCUT2D eigenvalue weighted by molar-refractivity contribution is 5.95. The molecular weight excluding hydrogens is 335 g/mol. The van der Waals surface area contributed by atoms with Crippen molar-refractivity contribution in [3.63, 3.8) is 0 Å². The van der Waals surface area contributed by atoms with Crippen LogP contribution in [0.25, 0.3) is 0 Å². The monoisotopic (exact) mass is 356 g/mol. The summed E-state index contributed by atoms with van der Waals surface area (Å²) in [5.74, 6) is 0.439. The number of piperidine rings is 1. The Kier molecular flexibility index (Phi) is 3.82. The van der Waals surface area contributed by atoms with Gasteiger partial charge in [0, 0.05) is 31.8 Å². The fraction of sp³-hybridized carbons (Fsp3) is 0.421. The molecule has 1 aromatic carbocycles. The lowest BCUT2D eigenvalue weighted by Gasteiger charge is -2.46. The van der Waals surface area contributed by atoms with Crippen molar-refractivity contribution in [2.75, 3.05) is 25.0 Å². The van der Waals surface area contributed by atoms with Gasteiger partial charge in [-0.15, -0.1) is 0 Å². The quantitative estimate of drug-likeness (QED) is 0.788. The molecule has 0 bridgehead atoms. The lowest BCUT2D eigenvalue weighted by Crippen LogP contribution is -2.54. The van der Waals surface area contributed by atoms with Crippen LogP contribution in [0.3, 0.4) is 0 Å². The fourth-order valence-electron chi connectivity index (χ4n) is 3.97. The lowest BCUT2D eigenvalue weighted by molar-refractivity contribution is -0.122. The van der Waals surface area contributed by atoms with Gasteiger partial charge < -0.3 is 9.80 Å². The van der Waals surface area contributed by atoms with E-state index in [-0.39, 0.29) is 23.2 Å². The third-order valence-electron chi connectivity index (χ3n) is 5.53. The van der Waals surface area contributed by atoms with Gasteiger partial charge in [0.1, 0.15) is 11.6 Å². The topological polar surface area (TPSA) is 58.4 Å². The number of benzene rings is 1. The zero-order valence-corrected chi connectivity index (χ0v) is 14.9. The maximum absolute atomic E-state index is 13.1. The van der Waals surface area contributed by atoms with Gasteiger partial charge in [0.2, 0.25) is 5.91 Å². The predicted octanol–water partition coefficient (Wildman–Crippen LogP) is 2.33. The van der Waals surface area contributed by atoms with Crippen LogP contribution in [-0.4, -0.2) is 46.6 Å². The van der Waals surface area contributed by atoms with Gasteiger partial charge in [0.15, 0.2) is 0 Å². The molecule has 2 amide bonds. The van der Waals surface area contributed by atoms with Crippen LogP contribution in [0, 0.1) is 12.7 Å². The van der Waals surface area contributed by atoms with Crippen LogP contribution in [-0.2, 0) is 10.3 Å². The molecule has 3 heterocycles. The molecule has 0 N–H and O–H groups in total. The highest BCUT2D eigenvalue weighted by Crippen LogP contribution is 2.41. The molecular formula is C19H21FN4O2. The second-order valence-corrected chi connectivity index (χ2v) is 7.21. The van der Waals surface area contributed by atoms with Crippen LogP contribution in [0.4, 0.5) is 10.2 Å². The zero-order valence-electron chi connectivity index (χ0n) is 14.9. The highest BCUT2D eigenvalue weighted by Gasteiger charge is 2.45. The summed E-state index contributed by atoms with van der Waals surface area (Å²) in [6, 6.07) is 7.54. The number of halogens is 1. The average molecular weight is 356 g/mol. The first-order valence-corrected chi connectivity index (χ1v) is 8.78. The van der Waals surface area contributed by atoms with Crippen LogP contribution in [0.15, 0.2) is 30.3 Å². The van der Waals surface area contributed by atoms with Crippen molar-refractivity contribution in [3.05, 3.63) is 47.4 Å². The van der Waals surface area contributed by atoms with E-state index in [1.54, 1.807) is 16.8 Å². The van der Waals surface area contributed by atoms with Gasteiger partial charge in [0.25, 0.3) is 5.91 Å². The van der Waals surface area contributed by atoms with Crippen molar-refractivity contribution >= 4 is 17.6 Å². The molecule has 0 saturated carbocycles. The van der Waals surface area contributed by atoms with Crippen LogP contribution in [0.2, 0.25) is 0 Å². The summed E-state index contributed by atoms with van der Waals surface area (Å²) in [6.07, 6.45) is 1.75. The molecule has 1 fully saturated rings. The molecule has 2 aromatic rings. The number of hydrogen-bond donors (Lipinski definition) is 0. The number of nitrogens with zero attached hydrogens (tertiary/aromatic N) is 4. The molecule has 1 saturated heterocycles. The summed E-state index contributed by atoms with van der Waals surface area (Å²) in [4.78, 5) is 28.6. The van der Waals surface area contributed by atoms with Gasteiger partial charge in [-0.2, -0.15) is 5.10 Å². The molecule has 0 atom stereocenters. The second-order valence-electron chi connectivity index (χ2n) is 7.21. The number of fused-ring (bicyclic) bond motifs is 2. The van der Waals surface area contributed by atoms with Crippen molar-refractivity contribution < 1.29 is 14.0 Å². The first-order valence-electron chi connectivity index (χ1n) is 8.78. The molecule has 2 aliphatic rings. The number of amides is 2. The van der Waals surface area contributed by atoms with E-state index < -0.39 is 0 Å². The Labute approximate surface area is 151 Å². The molecule has 2 aliphatic heterocycles. The number of hydrogen-bond acceptors (Lipinski definition) is 3. The summed E-state index contributed by atoms with van der Waals surface area (Å²) >= 11 is 0. The Morgan fingerprint density at radius 3 is 2.50 bits per heavy atom. The Morgan fingerprint density at radius 2 is 1.85 bits per heavy atom. The van der Waals surface area contributed by atoms with E-state index in [0.717, 1.165) is 11.5 Å². The van der Waals surface area contributed by atoms with Crippen LogP contribution < -0.4 is 4.90 Å². The molecule has 7 heteroatoms. The van der Waals surface area contributed by atoms with Gasteiger partial charge >= 0.3 is 0 Å². The fourth-order valence-corrected chi connectivity index (χ4v) is 3.97. The van der Waals surface area contributed by atoms with Gasteiger partial charge in [-0.3, -0.25) is 9.59 Å². The molecule has 6 nitrogen and oxygen atoms in total. The average Bonchev–Trinajstić information content (AvgIpc) is 3.04. The minimum Gasteiger partial charge on any atom is -0.338 e. The second kappa shape index (κ2) is 5.93. The summed E-state index contributed by atoms with van der Waals surface area (Å²) in [5, 5.41) is 4.63. The van der Waals surface area contributed by atoms with Crippen molar-refractivity contribution in [1.82, 2.24) is 14.7 Å². The number of carbonyl (C=O) groups is 2. The van der Waals surface area contributed by atoms with E-state index in [1.165, 1.54) is 24.3 Å². The van der Waals surface area contributed by atoms with Gasteiger partial charge in [-0.1, -0.05) is 0 Å². The van der Waals surface area contributed by atoms with Crippen molar-refractivity contribution in [2.45, 2.75) is 31.7 Å². The predicted molar refractivity (Wildman–Crippen MR) is 94.5 cm³/mol. The number of aromatic nitrogens is 2. The van der Waals surface area contributed by atoms with Crippen LogP contribution in [0.1, 0.15) is 35.3 Å². The van der Waals surface area contributed by atoms with E-state index in [0.29, 0.717) is 37.9 Å². The molecule has 136 valence electrons. The Balaban J connectivity index is 1.56. The number of rotatable bonds is 1. The maximum atomic E-state index is 13.1. The van der Waals surface area contributed by atoms with Gasteiger partial charge in [-0.05, 0) is 44.0 Å². The summed E-state index contributed by atoms with van der Waals surface area (Å²) in [7, 11) is 1.77. The minimum atomic E-state index is -0.368. The standard InChI is InChI=1S/C19H21FN4O2/c1-13-11-16-22(2)17(25)12-19(24(16)21-13)7-9-23(10-8-19)18(26)14-3-5-15(20)6-4-14/h3-6,11H,7-10,12H2,1-2H3. The largest absolute Gasteiger partial charge is 0.338 e. The van der Waals surface area contributed by atoms with Crippen LogP contribution >= 0.6 is 0 Å². The first kappa shape index (κ1) is 16.8. The van der Waals surface area contributed by atoms with E-state index in [4.69, 9.17) is 0 Å². The molecule has 4 rings (SSSR count). The van der Waals surface area contributed by atoms with Crippen molar-refractivity contribution in [3.8, 4) is 0 Å². The number of likely N-dealkylation sites (tertiary alicyclic amines) is 1. The van der Waals surface area contributed by atoms with E-state index in [1.807, 2.05) is 17.7 Å². The van der Waals surface area contributed by atoms with Crippen molar-refractivity contribution in [1.29, 1.82) is 0 Å². The number of anilines is 1. The van der Waals surface area contributed by atoms with Gasteiger partial charge in [0.05, 0.1) is 17.7 Å². The summed E-state index contributed by atoms with van der Waals surface area (Å²) in [5.41, 5.74) is 0.996. The number of carbonyl (C=O) groups excluding carboxylic acids is 2. The Morgan fingerprint density at radius 1 is 1.19 bits per heavy atom. The van der Waals surface area contributed by atoms with Crippen LogP contribution in [0.5, 0.6) is 0 Å². The normalized spacial score (nSPS) is 19.0. The third-order valence-corrected chi connectivity index (χ3v) is 5.53. The maximum Gasteiger partial charge on any atom is 0.253 e. The minimum absolute atomic E-state index is 0.0794. The van der Waals surface area contributed by atoms with Crippen molar-refractivity contribution in [2.24, 2.45) is 0 Å². The molecule has 1 aromatic heterocycles. The lowest BCUT2D eigenvalue weighted by atomic mass is 9.82. The smallest absolute Gasteiger partial charge is 0.253 e. The highest BCUT2D eigenvalue weighted by atomic mass is 19.1. The Bertz CT molecular complexity index is 866. The third kappa shape index (κ3) is 2.58. The summed E-state index contributed by atoms with van der Waals surface area (Å²) < 4.78 is 15.0.